The third-order valence-corrected chi connectivity index (χ3v) is 4.70. The highest BCUT2D eigenvalue weighted by Gasteiger charge is 2.20. The summed E-state index contributed by atoms with van der Waals surface area (Å²) in [5.41, 5.74) is 0.961. The van der Waals surface area contributed by atoms with Crippen LogP contribution in [-0.2, 0) is 0 Å². The fraction of sp³-hybridized carbons (Fsp3) is 0.421. The summed E-state index contributed by atoms with van der Waals surface area (Å²) in [5.74, 6) is 3.85. The van der Waals surface area contributed by atoms with Gasteiger partial charge in [0.25, 0.3) is 0 Å². The Morgan fingerprint density at radius 1 is 0.852 bits per heavy atom. The Bertz CT molecular complexity index is 894. The first kappa shape index (κ1) is 17.4. The summed E-state index contributed by atoms with van der Waals surface area (Å²) in [7, 11) is 0. The van der Waals surface area contributed by atoms with Gasteiger partial charge in [-0.2, -0.15) is 5.10 Å². The molecule has 1 fully saturated rings. The van der Waals surface area contributed by atoms with Crippen molar-refractivity contribution in [2.45, 2.75) is 26.7 Å². The summed E-state index contributed by atoms with van der Waals surface area (Å²) in [6.07, 6.45) is 3.75. The Morgan fingerprint density at radius 2 is 1.52 bits per heavy atom. The zero-order valence-electron chi connectivity index (χ0n) is 15.9. The standard InChI is InChI=1S/C19H24N8/c1-14(2)19-20-8-6-16(21-19)25-10-12-26(13-11-25)17-4-5-18(23-22-17)27-9-7-15(3)24-27/h4-9,14H,10-13H2,1-3H3. The Morgan fingerprint density at radius 3 is 2.11 bits per heavy atom. The second-order valence-corrected chi connectivity index (χ2v) is 7.05. The zero-order valence-corrected chi connectivity index (χ0v) is 15.9. The van der Waals surface area contributed by atoms with E-state index in [0.29, 0.717) is 5.92 Å². The van der Waals surface area contributed by atoms with Crippen molar-refractivity contribution < 1.29 is 0 Å². The molecule has 4 rings (SSSR count). The molecular weight excluding hydrogens is 340 g/mol. The summed E-state index contributed by atoms with van der Waals surface area (Å²) in [6.45, 7) is 9.76. The molecule has 0 aliphatic carbocycles. The molecule has 3 aromatic heterocycles. The maximum Gasteiger partial charge on any atom is 0.175 e. The van der Waals surface area contributed by atoms with Gasteiger partial charge in [-0.05, 0) is 31.2 Å². The van der Waals surface area contributed by atoms with Gasteiger partial charge in [0.05, 0.1) is 5.69 Å². The summed E-state index contributed by atoms with van der Waals surface area (Å²) >= 11 is 0. The normalized spacial score (nSPS) is 14.8. The lowest BCUT2D eigenvalue weighted by molar-refractivity contribution is 0.632. The lowest BCUT2D eigenvalue weighted by Gasteiger charge is -2.35. The first-order valence-corrected chi connectivity index (χ1v) is 9.29. The summed E-state index contributed by atoms with van der Waals surface area (Å²) in [4.78, 5) is 13.6. The van der Waals surface area contributed by atoms with Crippen molar-refractivity contribution in [3.8, 4) is 5.82 Å². The fourth-order valence-corrected chi connectivity index (χ4v) is 3.13. The quantitative estimate of drug-likeness (QED) is 0.702. The highest BCUT2D eigenvalue weighted by atomic mass is 15.4. The number of hydrogen-bond donors (Lipinski definition) is 0. The van der Waals surface area contributed by atoms with Crippen molar-refractivity contribution in [1.82, 2.24) is 29.9 Å². The Balaban J connectivity index is 1.41. The topological polar surface area (TPSA) is 75.9 Å². The van der Waals surface area contributed by atoms with Crippen LogP contribution in [-0.4, -0.2) is 56.1 Å². The molecule has 8 heteroatoms. The molecule has 0 aromatic carbocycles. The first-order chi connectivity index (χ1) is 13.1. The van der Waals surface area contributed by atoms with E-state index in [1.807, 2.05) is 43.6 Å². The number of hydrogen-bond acceptors (Lipinski definition) is 7. The third-order valence-electron chi connectivity index (χ3n) is 4.70. The minimum atomic E-state index is 0.332. The number of anilines is 2. The molecular formula is C19H24N8. The molecule has 0 unspecified atom stereocenters. The van der Waals surface area contributed by atoms with Crippen molar-refractivity contribution in [2.75, 3.05) is 36.0 Å². The molecule has 0 amide bonds. The van der Waals surface area contributed by atoms with E-state index < -0.39 is 0 Å². The summed E-state index contributed by atoms with van der Waals surface area (Å²) in [6, 6.07) is 7.91. The first-order valence-electron chi connectivity index (χ1n) is 9.29. The van der Waals surface area contributed by atoms with E-state index in [1.54, 1.807) is 4.68 Å². The average molecular weight is 364 g/mol. The van der Waals surface area contributed by atoms with Gasteiger partial charge in [-0.3, -0.25) is 0 Å². The van der Waals surface area contributed by atoms with Crippen LogP contribution in [0, 0.1) is 6.92 Å². The van der Waals surface area contributed by atoms with Crippen LogP contribution in [0.4, 0.5) is 11.6 Å². The molecule has 1 aliphatic heterocycles. The summed E-state index contributed by atoms with van der Waals surface area (Å²) < 4.78 is 1.74. The SMILES string of the molecule is Cc1ccn(-c2ccc(N3CCN(c4ccnc(C(C)C)n4)CC3)nn2)n1. The molecule has 4 heterocycles. The van der Waals surface area contributed by atoms with E-state index in [4.69, 9.17) is 4.98 Å². The van der Waals surface area contributed by atoms with Gasteiger partial charge in [0.1, 0.15) is 11.6 Å². The van der Waals surface area contributed by atoms with Crippen molar-refractivity contribution in [3.63, 3.8) is 0 Å². The predicted octanol–water partition coefficient (Wildman–Crippen LogP) is 2.21. The van der Waals surface area contributed by atoms with Crippen LogP contribution in [0.1, 0.15) is 31.3 Å². The maximum atomic E-state index is 4.70. The van der Waals surface area contributed by atoms with Gasteiger partial charge in [0, 0.05) is 44.5 Å². The molecule has 27 heavy (non-hydrogen) atoms. The molecule has 140 valence electrons. The van der Waals surface area contributed by atoms with Crippen molar-refractivity contribution in [2.24, 2.45) is 0 Å². The smallest absolute Gasteiger partial charge is 0.175 e. The van der Waals surface area contributed by atoms with E-state index in [2.05, 4.69) is 43.9 Å². The molecule has 0 N–H and O–H groups in total. The van der Waals surface area contributed by atoms with E-state index in [9.17, 15) is 0 Å². The lowest BCUT2D eigenvalue weighted by atomic mass is 10.2. The second-order valence-electron chi connectivity index (χ2n) is 7.05. The van der Waals surface area contributed by atoms with Gasteiger partial charge in [-0.15, -0.1) is 10.2 Å². The number of aryl methyl sites for hydroxylation is 1. The van der Waals surface area contributed by atoms with Gasteiger partial charge in [-0.1, -0.05) is 13.8 Å². The van der Waals surface area contributed by atoms with E-state index in [-0.39, 0.29) is 0 Å². The summed E-state index contributed by atoms with van der Waals surface area (Å²) in [5, 5.41) is 13.1. The van der Waals surface area contributed by atoms with Crippen LogP contribution in [0.15, 0.2) is 36.7 Å². The van der Waals surface area contributed by atoms with Crippen LogP contribution in [0.2, 0.25) is 0 Å². The molecule has 0 radical (unpaired) electrons. The fourth-order valence-electron chi connectivity index (χ4n) is 3.13. The van der Waals surface area contributed by atoms with Crippen molar-refractivity contribution in [3.05, 3.63) is 48.2 Å². The Labute approximate surface area is 158 Å². The van der Waals surface area contributed by atoms with Gasteiger partial charge in [-0.25, -0.2) is 14.6 Å². The highest BCUT2D eigenvalue weighted by molar-refractivity contribution is 5.45. The Hall–Kier alpha value is -3.03. The zero-order chi connectivity index (χ0) is 18.8. The van der Waals surface area contributed by atoms with Crippen LogP contribution in [0.3, 0.4) is 0 Å². The number of nitrogens with zero attached hydrogens (tertiary/aromatic N) is 8. The third kappa shape index (κ3) is 3.74. The molecule has 1 saturated heterocycles. The lowest BCUT2D eigenvalue weighted by Crippen LogP contribution is -2.47. The monoisotopic (exact) mass is 364 g/mol. The molecule has 0 spiro atoms. The Kier molecular flexibility index (Phi) is 4.70. The molecule has 0 atom stereocenters. The van der Waals surface area contributed by atoms with Gasteiger partial charge < -0.3 is 9.80 Å². The molecule has 0 saturated carbocycles. The van der Waals surface area contributed by atoms with Gasteiger partial charge in [0.15, 0.2) is 11.6 Å². The largest absolute Gasteiger partial charge is 0.353 e. The average Bonchev–Trinajstić information content (AvgIpc) is 3.15. The molecule has 0 bridgehead atoms. The van der Waals surface area contributed by atoms with Gasteiger partial charge >= 0.3 is 0 Å². The van der Waals surface area contributed by atoms with E-state index in [0.717, 1.165) is 55.2 Å². The minimum absolute atomic E-state index is 0.332. The van der Waals surface area contributed by atoms with Crippen LogP contribution in [0.5, 0.6) is 0 Å². The molecule has 8 nitrogen and oxygen atoms in total. The number of aromatic nitrogens is 6. The molecule has 3 aromatic rings. The predicted molar refractivity (Wildman–Crippen MR) is 104 cm³/mol. The second kappa shape index (κ2) is 7.30. The number of rotatable bonds is 4. The van der Waals surface area contributed by atoms with Crippen LogP contribution in [0.25, 0.3) is 5.82 Å². The van der Waals surface area contributed by atoms with E-state index >= 15 is 0 Å². The van der Waals surface area contributed by atoms with Crippen LogP contribution >= 0.6 is 0 Å². The van der Waals surface area contributed by atoms with Crippen molar-refractivity contribution in [1.29, 1.82) is 0 Å². The van der Waals surface area contributed by atoms with Crippen molar-refractivity contribution >= 4 is 11.6 Å². The maximum absolute atomic E-state index is 4.70. The number of piperazine rings is 1. The highest BCUT2D eigenvalue weighted by Crippen LogP contribution is 2.19. The van der Waals surface area contributed by atoms with Gasteiger partial charge in [0.2, 0.25) is 0 Å². The minimum Gasteiger partial charge on any atom is -0.353 e. The van der Waals surface area contributed by atoms with E-state index in [1.165, 1.54) is 0 Å². The van der Waals surface area contributed by atoms with Crippen LogP contribution < -0.4 is 9.80 Å². The molecule has 1 aliphatic rings.